The maximum absolute atomic E-state index is 6.14. The van der Waals surface area contributed by atoms with Crippen LogP contribution < -0.4 is 5.73 Å². The molecule has 0 spiro atoms. The first kappa shape index (κ1) is 11.5. The molecular formula is C14H20N4. The van der Waals surface area contributed by atoms with Gasteiger partial charge in [0.15, 0.2) is 0 Å². The molecule has 2 N–H and O–H groups in total. The second-order valence-corrected chi connectivity index (χ2v) is 5.25. The maximum Gasteiger partial charge on any atom is 0.0522 e. The van der Waals surface area contributed by atoms with Crippen LogP contribution in [0.25, 0.3) is 0 Å². The topological polar surface area (TPSA) is 48.8 Å². The summed E-state index contributed by atoms with van der Waals surface area (Å²) in [6, 6.07) is 0.244. The van der Waals surface area contributed by atoms with Gasteiger partial charge in [0.05, 0.1) is 6.20 Å². The van der Waals surface area contributed by atoms with E-state index in [0.29, 0.717) is 0 Å². The van der Waals surface area contributed by atoms with Crippen molar-refractivity contribution in [2.45, 2.75) is 38.3 Å². The summed E-state index contributed by atoms with van der Waals surface area (Å²) >= 11 is 0. The van der Waals surface area contributed by atoms with Crippen LogP contribution in [-0.2, 0) is 26.4 Å². The highest BCUT2D eigenvalue weighted by Crippen LogP contribution is 2.28. The molecule has 1 unspecified atom stereocenters. The predicted molar refractivity (Wildman–Crippen MR) is 71.2 cm³/mol. The molecule has 18 heavy (non-hydrogen) atoms. The van der Waals surface area contributed by atoms with Crippen molar-refractivity contribution in [1.29, 1.82) is 0 Å². The van der Waals surface area contributed by atoms with Crippen molar-refractivity contribution < 1.29 is 0 Å². The van der Waals surface area contributed by atoms with Crippen molar-refractivity contribution in [2.24, 2.45) is 12.8 Å². The molecular weight excluding hydrogens is 224 g/mol. The number of hydrogen-bond donors (Lipinski definition) is 1. The molecule has 2 aromatic rings. The van der Waals surface area contributed by atoms with E-state index in [2.05, 4.69) is 28.3 Å². The molecule has 4 heteroatoms. The lowest BCUT2D eigenvalue weighted by atomic mass is 9.92. The second-order valence-electron chi connectivity index (χ2n) is 5.25. The van der Waals surface area contributed by atoms with Crippen LogP contribution in [0.15, 0.2) is 24.8 Å². The third-order valence-corrected chi connectivity index (χ3v) is 3.78. The van der Waals surface area contributed by atoms with Gasteiger partial charge in [-0.25, -0.2) is 0 Å². The standard InChI is InChI=1S/C14H20N4/c1-17-8-11(7-16-17)5-6-18-9-12-3-2-4-14(15)13(12)10-18/h7-10,14H,2-6,15H2,1H3. The van der Waals surface area contributed by atoms with Crippen molar-refractivity contribution in [3.63, 3.8) is 0 Å². The quantitative estimate of drug-likeness (QED) is 0.895. The third-order valence-electron chi connectivity index (χ3n) is 3.78. The number of aryl methyl sites for hydroxylation is 4. The van der Waals surface area contributed by atoms with Crippen LogP contribution in [0.3, 0.4) is 0 Å². The largest absolute Gasteiger partial charge is 0.353 e. The van der Waals surface area contributed by atoms with Gasteiger partial charge in [0.2, 0.25) is 0 Å². The zero-order valence-corrected chi connectivity index (χ0v) is 10.8. The molecule has 0 radical (unpaired) electrons. The van der Waals surface area contributed by atoms with E-state index in [0.717, 1.165) is 19.4 Å². The van der Waals surface area contributed by atoms with Crippen molar-refractivity contribution in [3.8, 4) is 0 Å². The molecule has 0 saturated heterocycles. The lowest BCUT2D eigenvalue weighted by Crippen LogP contribution is -2.15. The molecule has 4 nitrogen and oxygen atoms in total. The summed E-state index contributed by atoms with van der Waals surface area (Å²) < 4.78 is 4.13. The molecule has 0 bridgehead atoms. The fourth-order valence-corrected chi connectivity index (χ4v) is 2.77. The number of aromatic nitrogens is 3. The molecule has 0 aliphatic heterocycles. The molecule has 96 valence electrons. The first-order chi connectivity index (χ1) is 8.72. The number of nitrogens with zero attached hydrogens (tertiary/aromatic N) is 3. The molecule has 2 aromatic heterocycles. The summed E-state index contributed by atoms with van der Waals surface area (Å²) in [5.74, 6) is 0. The number of hydrogen-bond acceptors (Lipinski definition) is 2. The van der Waals surface area contributed by atoms with E-state index in [1.807, 2.05) is 17.9 Å². The predicted octanol–water partition coefficient (Wildman–Crippen LogP) is 1.80. The summed E-state index contributed by atoms with van der Waals surface area (Å²) in [7, 11) is 1.96. The average Bonchev–Trinajstić information content (AvgIpc) is 2.93. The van der Waals surface area contributed by atoms with Gasteiger partial charge in [0.25, 0.3) is 0 Å². The summed E-state index contributed by atoms with van der Waals surface area (Å²) in [5.41, 5.74) is 10.2. The van der Waals surface area contributed by atoms with Gasteiger partial charge in [-0.2, -0.15) is 5.10 Å². The molecule has 2 heterocycles. The molecule has 1 atom stereocenters. The Bertz CT molecular complexity index is 538. The SMILES string of the molecule is Cn1cc(CCn2cc3c(c2)C(N)CCC3)cn1. The van der Waals surface area contributed by atoms with Crippen LogP contribution in [0.2, 0.25) is 0 Å². The number of fused-ring (bicyclic) bond motifs is 1. The van der Waals surface area contributed by atoms with Gasteiger partial charge < -0.3 is 10.3 Å². The second kappa shape index (κ2) is 4.61. The molecule has 0 amide bonds. The Hall–Kier alpha value is -1.55. The van der Waals surface area contributed by atoms with Crippen LogP contribution in [0.4, 0.5) is 0 Å². The van der Waals surface area contributed by atoms with Gasteiger partial charge in [-0.3, -0.25) is 4.68 Å². The van der Waals surface area contributed by atoms with Gasteiger partial charge in [-0.15, -0.1) is 0 Å². The summed E-state index contributed by atoms with van der Waals surface area (Å²) in [4.78, 5) is 0. The first-order valence-corrected chi connectivity index (χ1v) is 6.64. The monoisotopic (exact) mass is 244 g/mol. The lowest BCUT2D eigenvalue weighted by Gasteiger charge is -2.17. The van der Waals surface area contributed by atoms with Crippen molar-refractivity contribution in [2.75, 3.05) is 0 Å². The van der Waals surface area contributed by atoms with Gasteiger partial charge in [-0.05, 0) is 42.4 Å². The van der Waals surface area contributed by atoms with Crippen LogP contribution in [0.5, 0.6) is 0 Å². The smallest absolute Gasteiger partial charge is 0.0522 e. The van der Waals surface area contributed by atoms with Gasteiger partial charge in [-0.1, -0.05) is 0 Å². The van der Waals surface area contributed by atoms with E-state index < -0.39 is 0 Å². The minimum atomic E-state index is 0.244. The van der Waals surface area contributed by atoms with Gasteiger partial charge in [0.1, 0.15) is 0 Å². The minimum Gasteiger partial charge on any atom is -0.353 e. The third kappa shape index (κ3) is 2.20. The molecule has 1 aliphatic rings. The highest BCUT2D eigenvalue weighted by Gasteiger charge is 2.18. The maximum atomic E-state index is 6.14. The summed E-state index contributed by atoms with van der Waals surface area (Å²) in [5, 5.41) is 4.19. The first-order valence-electron chi connectivity index (χ1n) is 6.64. The summed E-state index contributed by atoms with van der Waals surface area (Å²) in [6.45, 7) is 1.01. The highest BCUT2D eigenvalue weighted by molar-refractivity contribution is 5.30. The van der Waals surface area contributed by atoms with E-state index >= 15 is 0 Å². The van der Waals surface area contributed by atoms with E-state index in [1.165, 1.54) is 29.5 Å². The van der Waals surface area contributed by atoms with Crippen LogP contribution in [0.1, 0.15) is 35.6 Å². The van der Waals surface area contributed by atoms with E-state index in [1.54, 1.807) is 0 Å². The normalized spacial score (nSPS) is 18.9. The Balaban J connectivity index is 1.70. The average molecular weight is 244 g/mol. The van der Waals surface area contributed by atoms with Crippen LogP contribution in [0, 0.1) is 0 Å². The molecule has 0 fully saturated rings. The molecule has 1 aliphatic carbocycles. The van der Waals surface area contributed by atoms with E-state index in [-0.39, 0.29) is 6.04 Å². The van der Waals surface area contributed by atoms with Crippen molar-refractivity contribution in [1.82, 2.24) is 14.3 Å². The van der Waals surface area contributed by atoms with E-state index in [4.69, 9.17) is 5.73 Å². The number of rotatable bonds is 3. The molecule has 3 rings (SSSR count). The molecule has 0 aromatic carbocycles. The van der Waals surface area contributed by atoms with E-state index in [9.17, 15) is 0 Å². The Morgan fingerprint density at radius 3 is 3.00 bits per heavy atom. The van der Waals surface area contributed by atoms with Crippen LogP contribution in [-0.4, -0.2) is 14.3 Å². The zero-order valence-electron chi connectivity index (χ0n) is 10.8. The fraction of sp³-hybridized carbons (Fsp3) is 0.500. The van der Waals surface area contributed by atoms with Crippen molar-refractivity contribution in [3.05, 3.63) is 41.5 Å². The lowest BCUT2D eigenvalue weighted by molar-refractivity contribution is 0.573. The minimum absolute atomic E-state index is 0.244. The zero-order chi connectivity index (χ0) is 12.5. The Labute approximate surface area is 107 Å². The van der Waals surface area contributed by atoms with Gasteiger partial charge >= 0.3 is 0 Å². The van der Waals surface area contributed by atoms with Crippen LogP contribution >= 0.6 is 0 Å². The molecule has 0 saturated carbocycles. The van der Waals surface area contributed by atoms with Crippen molar-refractivity contribution >= 4 is 0 Å². The Morgan fingerprint density at radius 1 is 1.39 bits per heavy atom. The Morgan fingerprint density at radius 2 is 2.28 bits per heavy atom. The Kier molecular flexibility index (Phi) is 2.96. The summed E-state index contributed by atoms with van der Waals surface area (Å²) in [6.07, 6.45) is 13.1. The number of nitrogens with two attached hydrogens (primary N) is 1. The highest BCUT2D eigenvalue weighted by atomic mass is 15.2. The van der Waals surface area contributed by atoms with Gasteiger partial charge in [0, 0.05) is 38.2 Å². The fourth-order valence-electron chi connectivity index (χ4n) is 2.77.